The number of rotatable bonds is 3. The molecule has 1 unspecified atom stereocenters. The van der Waals surface area contributed by atoms with E-state index in [1.165, 1.54) is 0 Å². The van der Waals surface area contributed by atoms with E-state index in [-0.39, 0.29) is 5.91 Å². The van der Waals surface area contributed by atoms with Crippen molar-refractivity contribution < 1.29 is 4.79 Å². The quantitative estimate of drug-likeness (QED) is 0.654. The second-order valence-electron chi connectivity index (χ2n) is 3.33. The Labute approximate surface area is 79.8 Å². The molecule has 3 heteroatoms. The van der Waals surface area contributed by atoms with Crippen LogP contribution in [0.15, 0.2) is 12.2 Å². The van der Waals surface area contributed by atoms with Crippen molar-refractivity contribution in [2.24, 2.45) is 0 Å². The third-order valence-corrected chi connectivity index (χ3v) is 2.30. The van der Waals surface area contributed by atoms with Gasteiger partial charge in [-0.15, -0.1) is 0 Å². The maximum atomic E-state index is 11.4. The highest BCUT2D eigenvalue weighted by molar-refractivity contribution is 5.87. The van der Waals surface area contributed by atoms with Gasteiger partial charge in [-0.05, 0) is 26.0 Å². The van der Waals surface area contributed by atoms with Crippen molar-refractivity contribution in [2.75, 3.05) is 19.6 Å². The van der Waals surface area contributed by atoms with Crippen molar-refractivity contribution in [1.29, 1.82) is 0 Å². The number of allylic oxidation sites excluding steroid dienone is 1. The minimum atomic E-state index is 0.142. The molecule has 13 heavy (non-hydrogen) atoms. The van der Waals surface area contributed by atoms with Crippen molar-refractivity contribution in [3.8, 4) is 0 Å². The van der Waals surface area contributed by atoms with Gasteiger partial charge in [0.15, 0.2) is 0 Å². The number of amides is 1. The Morgan fingerprint density at radius 1 is 1.69 bits per heavy atom. The Morgan fingerprint density at radius 3 is 3.08 bits per heavy atom. The Morgan fingerprint density at radius 2 is 2.46 bits per heavy atom. The van der Waals surface area contributed by atoms with E-state index in [4.69, 9.17) is 0 Å². The van der Waals surface area contributed by atoms with Gasteiger partial charge in [0.2, 0.25) is 5.91 Å². The van der Waals surface area contributed by atoms with E-state index in [1.54, 1.807) is 12.2 Å². The highest BCUT2D eigenvalue weighted by Crippen LogP contribution is 2.09. The predicted octanol–water partition coefficient (Wildman–Crippen LogP) is 0.773. The van der Waals surface area contributed by atoms with E-state index in [0.29, 0.717) is 6.04 Å². The van der Waals surface area contributed by atoms with Gasteiger partial charge < -0.3 is 10.2 Å². The normalized spacial score (nSPS) is 22.9. The molecule has 0 spiro atoms. The van der Waals surface area contributed by atoms with Gasteiger partial charge in [-0.3, -0.25) is 4.79 Å². The van der Waals surface area contributed by atoms with Crippen LogP contribution < -0.4 is 5.32 Å². The van der Waals surface area contributed by atoms with Crippen molar-refractivity contribution in [3.05, 3.63) is 12.2 Å². The van der Waals surface area contributed by atoms with Gasteiger partial charge in [0, 0.05) is 19.1 Å². The molecule has 1 atom stereocenters. The molecular weight excluding hydrogens is 164 g/mol. The zero-order valence-electron chi connectivity index (χ0n) is 8.42. The Kier molecular flexibility index (Phi) is 3.96. The smallest absolute Gasteiger partial charge is 0.246 e. The molecule has 0 aromatic rings. The standard InChI is InChI=1S/C10H18N2O/c1-3-5-10(13)12-7-6-9(8-12)11-4-2/h3,5,9,11H,4,6-8H2,1-2H3/b5-3+. The summed E-state index contributed by atoms with van der Waals surface area (Å²) in [4.78, 5) is 13.3. The van der Waals surface area contributed by atoms with Gasteiger partial charge in [-0.1, -0.05) is 13.0 Å². The van der Waals surface area contributed by atoms with Gasteiger partial charge in [0.25, 0.3) is 0 Å². The molecule has 1 aliphatic rings. The zero-order chi connectivity index (χ0) is 9.68. The van der Waals surface area contributed by atoms with Crippen molar-refractivity contribution in [2.45, 2.75) is 26.3 Å². The Balaban J connectivity index is 2.36. The molecule has 0 radical (unpaired) electrons. The number of carbonyl (C=O) groups is 1. The lowest BCUT2D eigenvalue weighted by Gasteiger charge is -2.14. The molecule has 74 valence electrons. The summed E-state index contributed by atoms with van der Waals surface area (Å²) in [5, 5.41) is 3.35. The fraction of sp³-hybridized carbons (Fsp3) is 0.700. The first-order valence-electron chi connectivity index (χ1n) is 4.93. The van der Waals surface area contributed by atoms with Gasteiger partial charge in [0.05, 0.1) is 0 Å². The molecule has 3 nitrogen and oxygen atoms in total. The number of hydrogen-bond donors (Lipinski definition) is 1. The molecule has 0 bridgehead atoms. The fourth-order valence-electron chi connectivity index (χ4n) is 1.66. The van der Waals surface area contributed by atoms with Crippen LogP contribution in [0.4, 0.5) is 0 Å². The third kappa shape index (κ3) is 2.84. The van der Waals surface area contributed by atoms with Crippen LogP contribution in [0.5, 0.6) is 0 Å². The number of likely N-dealkylation sites (N-methyl/N-ethyl adjacent to an activating group) is 1. The van der Waals surface area contributed by atoms with E-state index in [1.807, 2.05) is 11.8 Å². The molecule has 0 saturated carbocycles. The van der Waals surface area contributed by atoms with Crippen LogP contribution in [-0.4, -0.2) is 36.5 Å². The van der Waals surface area contributed by atoms with E-state index in [2.05, 4.69) is 12.2 Å². The summed E-state index contributed by atoms with van der Waals surface area (Å²) in [5.41, 5.74) is 0. The molecule has 0 aliphatic carbocycles. The van der Waals surface area contributed by atoms with Crippen molar-refractivity contribution >= 4 is 5.91 Å². The molecule has 1 heterocycles. The zero-order valence-corrected chi connectivity index (χ0v) is 8.42. The van der Waals surface area contributed by atoms with Crippen LogP contribution in [0.2, 0.25) is 0 Å². The molecule has 1 fully saturated rings. The van der Waals surface area contributed by atoms with Gasteiger partial charge in [0.1, 0.15) is 0 Å². The predicted molar refractivity (Wildman–Crippen MR) is 53.5 cm³/mol. The number of carbonyl (C=O) groups excluding carboxylic acids is 1. The molecule has 1 aliphatic heterocycles. The summed E-state index contributed by atoms with van der Waals surface area (Å²) in [5.74, 6) is 0.142. The van der Waals surface area contributed by atoms with E-state index >= 15 is 0 Å². The van der Waals surface area contributed by atoms with Gasteiger partial charge in [-0.25, -0.2) is 0 Å². The molecule has 1 amide bonds. The molecule has 1 rings (SSSR count). The molecule has 0 aromatic heterocycles. The highest BCUT2D eigenvalue weighted by atomic mass is 16.2. The van der Waals surface area contributed by atoms with Gasteiger partial charge >= 0.3 is 0 Å². The molecular formula is C10H18N2O. The van der Waals surface area contributed by atoms with Crippen LogP contribution >= 0.6 is 0 Å². The van der Waals surface area contributed by atoms with E-state index < -0.39 is 0 Å². The summed E-state index contributed by atoms with van der Waals surface area (Å²) < 4.78 is 0. The molecule has 1 N–H and O–H groups in total. The number of nitrogens with one attached hydrogen (secondary N) is 1. The lowest BCUT2D eigenvalue weighted by molar-refractivity contribution is -0.125. The first kappa shape index (κ1) is 10.3. The van der Waals surface area contributed by atoms with Crippen LogP contribution in [0.3, 0.4) is 0 Å². The Bertz CT molecular complexity index is 201. The molecule has 0 aromatic carbocycles. The molecule has 1 saturated heterocycles. The summed E-state index contributed by atoms with van der Waals surface area (Å²) in [6.07, 6.45) is 4.51. The van der Waals surface area contributed by atoms with Crippen LogP contribution in [0.25, 0.3) is 0 Å². The van der Waals surface area contributed by atoms with Crippen LogP contribution in [0.1, 0.15) is 20.3 Å². The van der Waals surface area contributed by atoms with Crippen molar-refractivity contribution in [1.82, 2.24) is 10.2 Å². The summed E-state index contributed by atoms with van der Waals surface area (Å²) >= 11 is 0. The second-order valence-corrected chi connectivity index (χ2v) is 3.33. The maximum absolute atomic E-state index is 11.4. The minimum Gasteiger partial charge on any atom is -0.338 e. The topological polar surface area (TPSA) is 32.3 Å². The van der Waals surface area contributed by atoms with Crippen LogP contribution in [-0.2, 0) is 4.79 Å². The van der Waals surface area contributed by atoms with Crippen molar-refractivity contribution in [3.63, 3.8) is 0 Å². The summed E-state index contributed by atoms with van der Waals surface area (Å²) in [6, 6.07) is 0.499. The third-order valence-electron chi connectivity index (χ3n) is 2.30. The lowest BCUT2D eigenvalue weighted by atomic mass is 10.3. The Hall–Kier alpha value is -0.830. The fourth-order valence-corrected chi connectivity index (χ4v) is 1.66. The highest BCUT2D eigenvalue weighted by Gasteiger charge is 2.23. The van der Waals surface area contributed by atoms with Crippen LogP contribution in [0, 0.1) is 0 Å². The summed E-state index contributed by atoms with van der Waals surface area (Å²) in [7, 11) is 0. The minimum absolute atomic E-state index is 0.142. The van der Waals surface area contributed by atoms with E-state index in [9.17, 15) is 4.79 Å². The lowest BCUT2D eigenvalue weighted by Crippen LogP contribution is -2.34. The van der Waals surface area contributed by atoms with Gasteiger partial charge in [-0.2, -0.15) is 0 Å². The largest absolute Gasteiger partial charge is 0.338 e. The number of hydrogen-bond acceptors (Lipinski definition) is 2. The first-order valence-corrected chi connectivity index (χ1v) is 4.93. The summed E-state index contributed by atoms with van der Waals surface area (Å²) in [6.45, 7) is 6.69. The first-order chi connectivity index (χ1) is 6.27. The SMILES string of the molecule is C/C=C/C(=O)N1CCC(NCC)C1. The van der Waals surface area contributed by atoms with E-state index in [0.717, 1.165) is 26.1 Å². The number of likely N-dealkylation sites (tertiary alicyclic amines) is 1. The number of nitrogens with zero attached hydrogens (tertiary/aromatic N) is 1. The maximum Gasteiger partial charge on any atom is 0.246 e. The second kappa shape index (κ2) is 5.02. The average molecular weight is 182 g/mol. The average Bonchev–Trinajstić information content (AvgIpc) is 2.54. The monoisotopic (exact) mass is 182 g/mol.